The van der Waals surface area contributed by atoms with Gasteiger partial charge in [0.05, 0.1) is 12.1 Å². The molecule has 2 heterocycles. The van der Waals surface area contributed by atoms with Gasteiger partial charge in [0.2, 0.25) is 5.91 Å². The minimum Gasteiger partial charge on any atom is -0.361 e. The summed E-state index contributed by atoms with van der Waals surface area (Å²) in [6.45, 7) is 7.56. The third-order valence-electron chi connectivity index (χ3n) is 4.75. The van der Waals surface area contributed by atoms with Crippen LogP contribution in [0.4, 0.5) is 0 Å². The van der Waals surface area contributed by atoms with Gasteiger partial charge in [0.25, 0.3) is 0 Å². The average molecular weight is 322 g/mol. The minimum atomic E-state index is 0.191. The predicted octanol–water partition coefficient (Wildman–Crippen LogP) is 1.32. The summed E-state index contributed by atoms with van der Waals surface area (Å²) in [7, 11) is 6.24. The van der Waals surface area contributed by atoms with E-state index in [-0.39, 0.29) is 5.91 Å². The first-order valence-electron chi connectivity index (χ1n) is 8.43. The predicted molar refractivity (Wildman–Crippen MR) is 90.5 cm³/mol. The fourth-order valence-electron chi connectivity index (χ4n) is 3.13. The highest BCUT2D eigenvalue weighted by atomic mass is 16.5. The molecule has 0 spiro atoms. The number of hydrogen-bond donors (Lipinski definition) is 0. The van der Waals surface area contributed by atoms with E-state index in [4.69, 9.17) is 4.52 Å². The first-order chi connectivity index (χ1) is 10.9. The Balaban J connectivity index is 2.07. The Bertz CT molecular complexity index is 499. The molecular weight excluding hydrogens is 292 g/mol. The van der Waals surface area contributed by atoms with Crippen LogP contribution in [0.15, 0.2) is 4.52 Å². The lowest BCUT2D eigenvalue weighted by Gasteiger charge is -2.38. The number of amides is 1. The van der Waals surface area contributed by atoms with Crippen molar-refractivity contribution in [2.45, 2.75) is 39.2 Å². The first kappa shape index (κ1) is 17.9. The van der Waals surface area contributed by atoms with Gasteiger partial charge >= 0.3 is 0 Å². The van der Waals surface area contributed by atoms with Crippen LogP contribution in [0.5, 0.6) is 0 Å². The average Bonchev–Trinajstić information content (AvgIpc) is 2.81. The number of likely N-dealkylation sites (N-methyl/N-ethyl adjacent to an activating group) is 1. The van der Waals surface area contributed by atoms with Crippen LogP contribution in [0.1, 0.15) is 29.9 Å². The molecule has 130 valence electrons. The van der Waals surface area contributed by atoms with Crippen molar-refractivity contribution in [1.82, 2.24) is 19.9 Å². The molecule has 0 saturated carbocycles. The van der Waals surface area contributed by atoms with Gasteiger partial charge in [-0.15, -0.1) is 0 Å². The van der Waals surface area contributed by atoms with Gasteiger partial charge in [-0.1, -0.05) is 5.16 Å². The summed E-state index contributed by atoms with van der Waals surface area (Å²) in [4.78, 5) is 19.5. The van der Waals surface area contributed by atoms with E-state index in [1.165, 1.54) is 0 Å². The summed E-state index contributed by atoms with van der Waals surface area (Å²) in [5.41, 5.74) is 1.77. The van der Waals surface area contributed by atoms with Crippen molar-refractivity contribution in [2.24, 2.45) is 0 Å². The molecule has 1 aromatic rings. The molecule has 1 saturated heterocycles. The lowest BCUT2D eigenvalue weighted by molar-refractivity contribution is -0.134. The molecule has 6 heteroatoms. The molecule has 0 unspecified atom stereocenters. The van der Waals surface area contributed by atoms with E-state index in [9.17, 15) is 4.79 Å². The maximum atomic E-state index is 12.9. The molecule has 0 aliphatic carbocycles. The van der Waals surface area contributed by atoms with Crippen LogP contribution in [-0.4, -0.2) is 79.1 Å². The van der Waals surface area contributed by atoms with Crippen molar-refractivity contribution in [3.8, 4) is 0 Å². The maximum absolute atomic E-state index is 12.9. The van der Waals surface area contributed by atoms with Crippen LogP contribution >= 0.6 is 0 Å². The fourth-order valence-corrected chi connectivity index (χ4v) is 3.13. The maximum Gasteiger partial charge on any atom is 0.227 e. The summed E-state index contributed by atoms with van der Waals surface area (Å²) in [5.74, 6) is 0.947. The number of carbonyl (C=O) groups excluding carboxylic acids is 1. The molecule has 1 aliphatic rings. The lowest BCUT2D eigenvalue weighted by atomic mass is 10.0. The highest BCUT2D eigenvalue weighted by Crippen LogP contribution is 2.19. The number of piperidine rings is 1. The number of hydrogen-bond acceptors (Lipinski definition) is 5. The zero-order valence-corrected chi connectivity index (χ0v) is 15.1. The summed E-state index contributed by atoms with van der Waals surface area (Å²) in [6.07, 6.45) is 2.50. The van der Waals surface area contributed by atoms with E-state index in [0.717, 1.165) is 56.0 Å². The number of aryl methyl sites for hydroxylation is 2. The molecule has 0 atom stereocenters. The Morgan fingerprint density at radius 1 is 1.26 bits per heavy atom. The summed E-state index contributed by atoms with van der Waals surface area (Å²) in [6, 6.07) is 0.346. The van der Waals surface area contributed by atoms with Crippen LogP contribution in [0.2, 0.25) is 0 Å². The second-order valence-electron chi connectivity index (χ2n) is 6.90. The smallest absolute Gasteiger partial charge is 0.227 e. The number of nitrogens with zero attached hydrogens (tertiary/aromatic N) is 4. The van der Waals surface area contributed by atoms with Gasteiger partial charge in [-0.25, -0.2) is 0 Å². The van der Waals surface area contributed by atoms with Crippen LogP contribution < -0.4 is 0 Å². The number of aromatic nitrogens is 1. The van der Waals surface area contributed by atoms with Crippen molar-refractivity contribution in [3.63, 3.8) is 0 Å². The molecule has 2 rings (SSSR count). The number of likely N-dealkylation sites (tertiary alicyclic amines) is 1. The molecule has 1 fully saturated rings. The van der Waals surface area contributed by atoms with Gasteiger partial charge in [-0.3, -0.25) is 4.79 Å². The van der Waals surface area contributed by atoms with E-state index in [1.54, 1.807) is 0 Å². The first-order valence-corrected chi connectivity index (χ1v) is 8.43. The Morgan fingerprint density at radius 2 is 1.91 bits per heavy atom. The fraction of sp³-hybridized carbons (Fsp3) is 0.765. The summed E-state index contributed by atoms with van der Waals surface area (Å²) >= 11 is 0. The van der Waals surface area contributed by atoms with Gasteiger partial charge in [0.1, 0.15) is 5.76 Å². The minimum absolute atomic E-state index is 0.191. The van der Waals surface area contributed by atoms with Crippen molar-refractivity contribution < 1.29 is 9.32 Å². The van der Waals surface area contributed by atoms with Crippen LogP contribution in [0.3, 0.4) is 0 Å². The zero-order valence-electron chi connectivity index (χ0n) is 15.1. The topological polar surface area (TPSA) is 52.8 Å². The highest BCUT2D eigenvalue weighted by molar-refractivity contribution is 5.79. The van der Waals surface area contributed by atoms with Gasteiger partial charge in [-0.2, -0.15) is 0 Å². The van der Waals surface area contributed by atoms with E-state index >= 15 is 0 Å². The van der Waals surface area contributed by atoms with Gasteiger partial charge in [0, 0.05) is 24.7 Å². The van der Waals surface area contributed by atoms with Crippen LogP contribution in [-0.2, 0) is 11.2 Å². The Morgan fingerprint density at radius 3 is 2.43 bits per heavy atom. The summed E-state index contributed by atoms with van der Waals surface area (Å²) in [5, 5.41) is 3.96. The molecule has 0 bridgehead atoms. The van der Waals surface area contributed by atoms with Gasteiger partial charge < -0.3 is 19.2 Å². The molecule has 1 amide bonds. The molecule has 0 aromatic carbocycles. The second kappa shape index (κ2) is 7.93. The van der Waals surface area contributed by atoms with E-state index in [2.05, 4.69) is 26.9 Å². The Hall–Kier alpha value is -1.40. The Labute approximate surface area is 139 Å². The number of carbonyl (C=O) groups is 1. The zero-order chi connectivity index (χ0) is 17.0. The van der Waals surface area contributed by atoms with Gasteiger partial charge in [0.15, 0.2) is 0 Å². The van der Waals surface area contributed by atoms with E-state index in [1.807, 2.05) is 27.9 Å². The second-order valence-corrected chi connectivity index (χ2v) is 6.90. The number of rotatable bonds is 6. The third kappa shape index (κ3) is 4.78. The molecule has 1 aliphatic heterocycles. The van der Waals surface area contributed by atoms with Crippen molar-refractivity contribution in [2.75, 3.05) is 47.3 Å². The largest absolute Gasteiger partial charge is 0.361 e. The SMILES string of the molecule is Cc1noc(C)c1CC(=O)N(CCN(C)C)C1CCN(C)CC1. The quantitative estimate of drug-likeness (QED) is 0.791. The van der Waals surface area contributed by atoms with Crippen LogP contribution in [0, 0.1) is 13.8 Å². The van der Waals surface area contributed by atoms with Crippen LogP contribution in [0.25, 0.3) is 0 Å². The molecule has 6 nitrogen and oxygen atoms in total. The van der Waals surface area contributed by atoms with E-state index < -0.39 is 0 Å². The van der Waals surface area contributed by atoms with Gasteiger partial charge in [-0.05, 0) is 60.9 Å². The molecule has 1 aromatic heterocycles. The molecular formula is C17H30N4O2. The summed E-state index contributed by atoms with van der Waals surface area (Å²) < 4.78 is 5.20. The standard InChI is InChI=1S/C17H30N4O2/c1-13-16(14(2)23-18-13)12-17(22)21(11-10-19(3)4)15-6-8-20(5)9-7-15/h15H,6-12H2,1-5H3. The highest BCUT2D eigenvalue weighted by Gasteiger charge is 2.28. The molecule has 0 N–H and O–H groups in total. The van der Waals surface area contributed by atoms with Crippen molar-refractivity contribution >= 4 is 5.91 Å². The third-order valence-corrected chi connectivity index (χ3v) is 4.75. The normalized spacial score (nSPS) is 17.0. The van der Waals surface area contributed by atoms with E-state index in [0.29, 0.717) is 12.5 Å². The monoisotopic (exact) mass is 322 g/mol. The van der Waals surface area contributed by atoms with Crippen molar-refractivity contribution in [1.29, 1.82) is 0 Å². The Kier molecular flexibility index (Phi) is 6.18. The lowest BCUT2D eigenvalue weighted by Crippen LogP contribution is -2.49. The molecule has 23 heavy (non-hydrogen) atoms. The molecule has 0 radical (unpaired) electrons. The van der Waals surface area contributed by atoms with Crippen molar-refractivity contribution in [3.05, 3.63) is 17.0 Å².